The van der Waals surface area contributed by atoms with Crippen molar-refractivity contribution in [2.24, 2.45) is 10.7 Å². The number of urea groups is 1. The van der Waals surface area contributed by atoms with Crippen LogP contribution in [0.5, 0.6) is 0 Å². The van der Waals surface area contributed by atoms with E-state index in [0.29, 0.717) is 19.6 Å². The zero-order chi connectivity index (χ0) is 17.6. The van der Waals surface area contributed by atoms with Crippen molar-refractivity contribution in [2.45, 2.75) is 13.0 Å². The number of carbonyl (C=O) groups is 1. The summed E-state index contributed by atoms with van der Waals surface area (Å²) in [6, 6.07) is 9.89. The largest absolute Gasteiger partial charge is 0.405 e. The number of aliphatic imine (C=N–C) groups is 1. The Labute approximate surface area is 146 Å². The van der Waals surface area contributed by atoms with Gasteiger partial charge in [-0.1, -0.05) is 30.3 Å². The minimum Gasteiger partial charge on any atom is -0.405 e. The molecule has 0 saturated carbocycles. The Hall–Kier alpha value is -3.09. The fourth-order valence-corrected chi connectivity index (χ4v) is 2.90. The predicted octanol–water partition coefficient (Wildman–Crippen LogP) is 1.69. The number of rotatable bonds is 4. The Bertz CT molecular complexity index is 793. The van der Waals surface area contributed by atoms with E-state index >= 15 is 0 Å². The lowest BCUT2D eigenvalue weighted by Gasteiger charge is -2.27. The highest BCUT2D eigenvalue weighted by atomic mass is 16.2. The van der Waals surface area contributed by atoms with Crippen LogP contribution in [0.2, 0.25) is 0 Å². The fraction of sp³-hybridized carbons (Fsp3) is 0.278. The normalized spacial score (nSPS) is 14.6. The number of aromatic nitrogens is 2. The van der Waals surface area contributed by atoms with E-state index in [9.17, 15) is 4.79 Å². The lowest BCUT2D eigenvalue weighted by molar-refractivity contribution is 0.194. The molecule has 25 heavy (non-hydrogen) atoms. The number of nitrogens with zero attached hydrogens (tertiary/aromatic N) is 3. The first-order valence-electron chi connectivity index (χ1n) is 8.21. The molecule has 2 amide bonds. The van der Waals surface area contributed by atoms with E-state index in [1.807, 2.05) is 30.3 Å². The molecule has 7 heteroatoms. The van der Waals surface area contributed by atoms with Crippen LogP contribution in [0.3, 0.4) is 0 Å². The van der Waals surface area contributed by atoms with Crippen molar-refractivity contribution in [3.63, 3.8) is 0 Å². The minimum atomic E-state index is -0.113. The second kappa shape index (κ2) is 7.65. The van der Waals surface area contributed by atoms with Gasteiger partial charge in [-0.15, -0.1) is 0 Å². The summed E-state index contributed by atoms with van der Waals surface area (Å²) >= 11 is 0. The van der Waals surface area contributed by atoms with Gasteiger partial charge in [0.15, 0.2) is 0 Å². The minimum absolute atomic E-state index is 0.113. The van der Waals surface area contributed by atoms with Crippen molar-refractivity contribution >= 4 is 11.7 Å². The van der Waals surface area contributed by atoms with Gasteiger partial charge in [0.1, 0.15) is 0 Å². The number of nitrogens with two attached hydrogens (primary N) is 1. The SMILES string of the molecule is CN=C(C=CN)CNC(=O)N1CCc2[nH]nc(-c3ccccc3)c2C1. The summed E-state index contributed by atoms with van der Waals surface area (Å²) in [7, 11) is 1.67. The zero-order valence-electron chi connectivity index (χ0n) is 14.2. The molecule has 1 aromatic carbocycles. The van der Waals surface area contributed by atoms with E-state index in [1.165, 1.54) is 6.20 Å². The molecule has 3 rings (SSSR count). The van der Waals surface area contributed by atoms with Crippen LogP contribution in [0.1, 0.15) is 11.3 Å². The summed E-state index contributed by atoms with van der Waals surface area (Å²) in [6.07, 6.45) is 3.86. The van der Waals surface area contributed by atoms with E-state index in [4.69, 9.17) is 5.73 Å². The molecule has 4 N–H and O–H groups in total. The predicted molar refractivity (Wildman–Crippen MR) is 98.2 cm³/mol. The van der Waals surface area contributed by atoms with Crippen LogP contribution in [0, 0.1) is 0 Å². The average Bonchev–Trinajstić information content (AvgIpc) is 3.08. The van der Waals surface area contributed by atoms with Gasteiger partial charge in [0.05, 0.1) is 24.5 Å². The van der Waals surface area contributed by atoms with Crippen LogP contribution in [0.25, 0.3) is 11.3 Å². The van der Waals surface area contributed by atoms with Crippen molar-refractivity contribution < 1.29 is 4.79 Å². The molecule has 130 valence electrons. The second-order valence-corrected chi connectivity index (χ2v) is 5.80. The first kappa shape index (κ1) is 16.8. The molecule has 1 aliphatic rings. The molecule has 0 bridgehead atoms. The molecule has 0 aliphatic carbocycles. The maximum absolute atomic E-state index is 12.5. The Morgan fingerprint density at radius 1 is 1.44 bits per heavy atom. The number of H-pyrrole nitrogens is 1. The topological polar surface area (TPSA) is 99.4 Å². The maximum atomic E-state index is 12.5. The number of nitrogens with one attached hydrogen (secondary N) is 2. The summed E-state index contributed by atoms with van der Waals surface area (Å²) in [6.45, 7) is 1.54. The van der Waals surface area contributed by atoms with Crippen LogP contribution in [-0.4, -0.2) is 47.0 Å². The number of hydrogen-bond acceptors (Lipinski definition) is 4. The molecule has 7 nitrogen and oxygen atoms in total. The smallest absolute Gasteiger partial charge is 0.318 e. The number of benzene rings is 1. The van der Waals surface area contributed by atoms with Crippen molar-refractivity contribution in [2.75, 3.05) is 20.1 Å². The third-order valence-electron chi connectivity index (χ3n) is 4.26. The average molecular weight is 338 g/mol. The molecule has 2 aromatic rings. The molecule has 0 unspecified atom stereocenters. The lowest BCUT2D eigenvalue weighted by atomic mass is 10.0. The fourth-order valence-electron chi connectivity index (χ4n) is 2.90. The molecular weight excluding hydrogens is 316 g/mol. The van der Waals surface area contributed by atoms with Gasteiger partial charge in [0.25, 0.3) is 0 Å². The first-order valence-corrected chi connectivity index (χ1v) is 8.21. The molecule has 2 heterocycles. The third kappa shape index (κ3) is 3.71. The van der Waals surface area contributed by atoms with E-state index in [-0.39, 0.29) is 6.03 Å². The van der Waals surface area contributed by atoms with Crippen LogP contribution in [0.15, 0.2) is 47.6 Å². The van der Waals surface area contributed by atoms with Gasteiger partial charge in [-0.25, -0.2) is 4.79 Å². The molecule has 0 radical (unpaired) electrons. The molecule has 1 aromatic heterocycles. The summed E-state index contributed by atoms with van der Waals surface area (Å²) in [5, 5.41) is 10.4. The molecule has 0 fully saturated rings. The molecular formula is C18H22N6O. The molecule has 1 aliphatic heterocycles. The summed E-state index contributed by atoms with van der Waals surface area (Å²) in [4.78, 5) is 18.3. The van der Waals surface area contributed by atoms with Gasteiger partial charge in [-0.3, -0.25) is 10.1 Å². The Kier molecular flexibility index (Phi) is 5.13. The molecule has 0 atom stereocenters. The van der Waals surface area contributed by atoms with Crippen molar-refractivity contribution in [1.82, 2.24) is 20.4 Å². The molecule has 0 saturated heterocycles. The third-order valence-corrected chi connectivity index (χ3v) is 4.26. The summed E-state index contributed by atoms with van der Waals surface area (Å²) in [5.74, 6) is 0. The Balaban J connectivity index is 1.70. The number of hydrogen-bond donors (Lipinski definition) is 3. The van der Waals surface area contributed by atoms with Crippen molar-refractivity contribution in [3.8, 4) is 11.3 Å². The van der Waals surface area contributed by atoms with Gasteiger partial charge in [-0.2, -0.15) is 5.10 Å². The van der Waals surface area contributed by atoms with Crippen LogP contribution in [-0.2, 0) is 13.0 Å². The van der Waals surface area contributed by atoms with Crippen molar-refractivity contribution in [1.29, 1.82) is 0 Å². The Morgan fingerprint density at radius 2 is 2.24 bits per heavy atom. The molecule has 0 spiro atoms. The van der Waals surface area contributed by atoms with Gasteiger partial charge in [-0.05, 0) is 12.3 Å². The van der Waals surface area contributed by atoms with E-state index in [0.717, 1.165) is 34.6 Å². The van der Waals surface area contributed by atoms with Crippen LogP contribution >= 0.6 is 0 Å². The maximum Gasteiger partial charge on any atom is 0.318 e. The number of amides is 2. The quantitative estimate of drug-likeness (QED) is 0.740. The highest BCUT2D eigenvalue weighted by Crippen LogP contribution is 2.28. The Morgan fingerprint density at radius 3 is 2.96 bits per heavy atom. The van der Waals surface area contributed by atoms with Crippen molar-refractivity contribution in [3.05, 3.63) is 53.9 Å². The monoisotopic (exact) mass is 338 g/mol. The lowest BCUT2D eigenvalue weighted by Crippen LogP contribution is -2.44. The van der Waals surface area contributed by atoms with Gasteiger partial charge in [0.2, 0.25) is 0 Å². The summed E-state index contributed by atoms with van der Waals surface area (Å²) in [5.41, 5.74) is 10.2. The van der Waals surface area contributed by atoms with E-state index < -0.39 is 0 Å². The van der Waals surface area contributed by atoms with Gasteiger partial charge >= 0.3 is 6.03 Å². The van der Waals surface area contributed by atoms with Crippen LogP contribution < -0.4 is 11.1 Å². The van der Waals surface area contributed by atoms with E-state index in [1.54, 1.807) is 18.0 Å². The number of aromatic amines is 1. The van der Waals surface area contributed by atoms with Gasteiger partial charge < -0.3 is 16.0 Å². The standard InChI is InChI=1S/C18H22N6O/c1-20-14(7-9-19)11-21-18(25)24-10-8-16-15(12-24)17(23-22-16)13-5-3-2-4-6-13/h2-7,9H,8,10-12,19H2,1H3,(H,21,25)(H,22,23). The van der Waals surface area contributed by atoms with Gasteiger partial charge in [0, 0.05) is 36.8 Å². The highest BCUT2D eigenvalue weighted by molar-refractivity contribution is 5.98. The number of carbonyl (C=O) groups excluding carboxylic acids is 1. The summed E-state index contributed by atoms with van der Waals surface area (Å²) < 4.78 is 0. The highest BCUT2D eigenvalue weighted by Gasteiger charge is 2.25. The number of fused-ring (bicyclic) bond motifs is 1. The zero-order valence-corrected chi connectivity index (χ0v) is 14.2. The first-order chi connectivity index (χ1) is 12.2. The van der Waals surface area contributed by atoms with Crippen LogP contribution in [0.4, 0.5) is 4.79 Å². The second-order valence-electron chi connectivity index (χ2n) is 5.80. The van der Waals surface area contributed by atoms with E-state index in [2.05, 4.69) is 20.5 Å².